The highest BCUT2D eigenvalue weighted by atomic mass is 32.2. The molecule has 0 saturated carbocycles. The van der Waals surface area contributed by atoms with Crippen LogP contribution in [0.1, 0.15) is 25.7 Å². The van der Waals surface area contributed by atoms with Crippen LogP contribution in [0.15, 0.2) is 23.1 Å². The van der Waals surface area contributed by atoms with Gasteiger partial charge < -0.3 is 10.5 Å². The van der Waals surface area contributed by atoms with Crippen LogP contribution in [0.3, 0.4) is 0 Å². The number of hydrogen-bond acceptors (Lipinski definition) is 5. The minimum atomic E-state index is -0.107. The van der Waals surface area contributed by atoms with Crippen molar-refractivity contribution in [1.29, 1.82) is 0 Å². The standard InChI is InChI=1S/C13H21N3O2S/c1-18-10-6-7-11(14)12(9-10)19-8-4-2-3-5-13(17)16-15/h6-7,9H,2-5,8,14-15H2,1H3,(H,16,17). The lowest BCUT2D eigenvalue weighted by Gasteiger charge is -2.07. The third-order valence-electron chi connectivity index (χ3n) is 2.69. The zero-order chi connectivity index (χ0) is 14.1. The largest absolute Gasteiger partial charge is 0.497 e. The number of thioether (sulfide) groups is 1. The number of amides is 1. The summed E-state index contributed by atoms with van der Waals surface area (Å²) in [6, 6.07) is 5.65. The summed E-state index contributed by atoms with van der Waals surface area (Å²) < 4.78 is 5.17. The van der Waals surface area contributed by atoms with Crippen molar-refractivity contribution in [3.8, 4) is 5.75 Å². The van der Waals surface area contributed by atoms with E-state index in [0.717, 1.165) is 41.3 Å². The first-order valence-electron chi connectivity index (χ1n) is 6.23. The Morgan fingerprint density at radius 3 is 2.84 bits per heavy atom. The van der Waals surface area contributed by atoms with Gasteiger partial charge in [0, 0.05) is 17.0 Å². The van der Waals surface area contributed by atoms with Crippen LogP contribution >= 0.6 is 11.8 Å². The zero-order valence-corrected chi connectivity index (χ0v) is 12.0. The van der Waals surface area contributed by atoms with Crippen molar-refractivity contribution in [2.45, 2.75) is 30.6 Å². The van der Waals surface area contributed by atoms with Crippen molar-refractivity contribution >= 4 is 23.4 Å². The number of nitrogens with two attached hydrogens (primary N) is 2. The number of nitrogen functional groups attached to an aromatic ring is 1. The van der Waals surface area contributed by atoms with Crippen molar-refractivity contribution in [3.63, 3.8) is 0 Å². The molecule has 0 unspecified atom stereocenters. The molecule has 19 heavy (non-hydrogen) atoms. The number of nitrogens with one attached hydrogen (secondary N) is 1. The second kappa shape index (κ2) is 8.66. The molecule has 6 heteroatoms. The fourth-order valence-corrected chi connectivity index (χ4v) is 2.59. The third kappa shape index (κ3) is 5.85. The lowest BCUT2D eigenvalue weighted by atomic mass is 10.2. The normalized spacial score (nSPS) is 10.2. The van der Waals surface area contributed by atoms with Crippen LogP contribution in [-0.2, 0) is 4.79 Å². The molecule has 0 aliphatic heterocycles. The Morgan fingerprint density at radius 1 is 1.37 bits per heavy atom. The van der Waals surface area contributed by atoms with Gasteiger partial charge >= 0.3 is 0 Å². The molecule has 0 spiro atoms. The van der Waals surface area contributed by atoms with Gasteiger partial charge in [0.15, 0.2) is 0 Å². The van der Waals surface area contributed by atoms with E-state index in [1.165, 1.54) is 0 Å². The topological polar surface area (TPSA) is 90.4 Å². The summed E-state index contributed by atoms with van der Waals surface area (Å²) in [5.41, 5.74) is 8.80. The van der Waals surface area contributed by atoms with E-state index in [1.807, 2.05) is 18.2 Å². The monoisotopic (exact) mass is 283 g/mol. The second-order valence-corrected chi connectivity index (χ2v) is 5.27. The number of carbonyl (C=O) groups is 1. The van der Waals surface area contributed by atoms with Crippen LogP contribution in [-0.4, -0.2) is 18.8 Å². The lowest BCUT2D eigenvalue weighted by molar-refractivity contribution is -0.121. The lowest BCUT2D eigenvalue weighted by Crippen LogP contribution is -2.29. The molecule has 0 heterocycles. The van der Waals surface area contributed by atoms with E-state index >= 15 is 0 Å². The molecule has 106 valence electrons. The highest BCUT2D eigenvalue weighted by Gasteiger charge is 2.03. The molecule has 0 bridgehead atoms. The average molecular weight is 283 g/mol. The van der Waals surface area contributed by atoms with Gasteiger partial charge in [-0.15, -0.1) is 11.8 Å². The first kappa shape index (κ1) is 15.7. The fourth-order valence-electron chi connectivity index (χ4n) is 1.59. The number of anilines is 1. The Labute approximate surface area is 118 Å². The van der Waals surface area contributed by atoms with Gasteiger partial charge in [0.2, 0.25) is 5.91 Å². The summed E-state index contributed by atoms with van der Waals surface area (Å²) in [6.45, 7) is 0. The summed E-state index contributed by atoms with van der Waals surface area (Å²) in [4.78, 5) is 12.0. The van der Waals surface area contributed by atoms with Crippen molar-refractivity contribution < 1.29 is 9.53 Å². The maximum Gasteiger partial charge on any atom is 0.233 e. The number of carbonyl (C=O) groups excluding carboxylic acids is 1. The van der Waals surface area contributed by atoms with Crippen molar-refractivity contribution in [2.24, 2.45) is 5.84 Å². The van der Waals surface area contributed by atoms with E-state index in [2.05, 4.69) is 5.43 Å². The van der Waals surface area contributed by atoms with Gasteiger partial charge in [0.25, 0.3) is 0 Å². The fraction of sp³-hybridized carbons (Fsp3) is 0.462. The van der Waals surface area contributed by atoms with Crippen LogP contribution in [0, 0.1) is 0 Å². The summed E-state index contributed by atoms with van der Waals surface area (Å²) in [7, 11) is 1.64. The van der Waals surface area contributed by atoms with Gasteiger partial charge in [0.05, 0.1) is 7.11 Å². The average Bonchev–Trinajstić information content (AvgIpc) is 2.44. The van der Waals surface area contributed by atoms with Crippen LogP contribution in [0.5, 0.6) is 5.75 Å². The van der Waals surface area contributed by atoms with Crippen LogP contribution < -0.4 is 21.7 Å². The van der Waals surface area contributed by atoms with Gasteiger partial charge in [-0.2, -0.15) is 0 Å². The minimum absolute atomic E-state index is 0.107. The summed E-state index contributed by atoms with van der Waals surface area (Å²) in [5.74, 6) is 6.69. The quantitative estimate of drug-likeness (QED) is 0.169. The Balaban J connectivity index is 2.24. The molecule has 0 aliphatic carbocycles. The van der Waals surface area contributed by atoms with Gasteiger partial charge in [-0.25, -0.2) is 5.84 Å². The summed E-state index contributed by atoms with van der Waals surface area (Å²) >= 11 is 1.71. The van der Waals surface area contributed by atoms with E-state index in [1.54, 1.807) is 18.9 Å². The molecule has 1 amide bonds. The number of hydrazine groups is 1. The Kier molecular flexibility index (Phi) is 7.14. The molecule has 1 rings (SSSR count). The van der Waals surface area contributed by atoms with Gasteiger partial charge in [-0.1, -0.05) is 6.42 Å². The highest BCUT2D eigenvalue weighted by Crippen LogP contribution is 2.29. The smallest absolute Gasteiger partial charge is 0.233 e. The molecule has 5 N–H and O–H groups in total. The Bertz CT molecular complexity index is 413. The minimum Gasteiger partial charge on any atom is -0.497 e. The van der Waals surface area contributed by atoms with Gasteiger partial charge in [-0.3, -0.25) is 10.2 Å². The predicted octanol–water partition coefficient (Wildman–Crippen LogP) is 1.92. The van der Waals surface area contributed by atoms with Crippen molar-refractivity contribution in [2.75, 3.05) is 18.6 Å². The number of ether oxygens (including phenoxy) is 1. The van der Waals surface area contributed by atoms with E-state index in [0.29, 0.717) is 6.42 Å². The summed E-state index contributed by atoms with van der Waals surface area (Å²) in [6.07, 6.45) is 3.39. The van der Waals surface area contributed by atoms with Crippen molar-refractivity contribution in [1.82, 2.24) is 5.43 Å². The number of benzene rings is 1. The van der Waals surface area contributed by atoms with Crippen LogP contribution in [0.4, 0.5) is 5.69 Å². The predicted molar refractivity (Wildman–Crippen MR) is 78.9 cm³/mol. The zero-order valence-electron chi connectivity index (χ0n) is 11.1. The first-order valence-corrected chi connectivity index (χ1v) is 7.21. The second-order valence-electron chi connectivity index (χ2n) is 4.13. The number of rotatable bonds is 8. The number of hydrogen-bond donors (Lipinski definition) is 3. The molecule has 0 radical (unpaired) electrons. The van der Waals surface area contributed by atoms with E-state index in [4.69, 9.17) is 16.3 Å². The SMILES string of the molecule is COc1ccc(N)c(SCCCCCC(=O)NN)c1. The number of methoxy groups -OCH3 is 1. The Hall–Kier alpha value is -1.40. The van der Waals surface area contributed by atoms with E-state index < -0.39 is 0 Å². The molecule has 0 aliphatic rings. The molecule has 0 saturated heterocycles. The maximum absolute atomic E-state index is 10.9. The first-order chi connectivity index (χ1) is 9.17. The van der Waals surface area contributed by atoms with Gasteiger partial charge in [-0.05, 0) is 36.8 Å². The Morgan fingerprint density at radius 2 is 2.16 bits per heavy atom. The van der Waals surface area contributed by atoms with E-state index in [-0.39, 0.29) is 5.91 Å². The molecule has 1 aromatic carbocycles. The maximum atomic E-state index is 10.9. The summed E-state index contributed by atoms with van der Waals surface area (Å²) in [5, 5.41) is 0. The van der Waals surface area contributed by atoms with Gasteiger partial charge in [0.1, 0.15) is 5.75 Å². The molecular weight excluding hydrogens is 262 g/mol. The molecule has 0 atom stereocenters. The molecule has 0 fully saturated rings. The third-order valence-corrected chi connectivity index (χ3v) is 3.84. The van der Waals surface area contributed by atoms with E-state index in [9.17, 15) is 4.79 Å². The van der Waals surface area contributed by atoms with Crippen LogP contribution in [0.25, 0.3) is 0 Å². The molecule has 5 nitrogen and oxygen atoms in total. The molecule has 0 aromatic heterocycles. The molecule has 1 aromatic rings. The number of unbranched alkanes of at least 4 members (excludes halogenated alkanes) is 2. The van der Waals surface area contributed by atoms with Crippen molar-refractivity contribution in [3.05, 3.63) is 18.2 Å². The van der Waals surface area contributed by atoms with Crippen LogP contribution in [0.2, 0.25) is 0 Å². The highest BCUT2D eigenvalue weighted by molar-refractivity contribution is 7.99. The molecular formula is C13H21N3O2S.